The van der Waals surface area contributed by atoms with E-state index in [-0.39, 0.29) is 23.8 Å². The summed E-state index contributed by atoms with van der Waals surface area (Å²) in [6.07, 6.45) is 1.85. The second-order valence-electron chi connectivity index (χ2n) is 6.07. The third-order valence-corrected chi connectivity index (χ3v) is 4.95. The van der Waals surface area contributed by atoms with Crippen molar-refractivity contribution in [3.8, 4) is 5.75 Å². The third kappa shape index (κ3) is 4.99. The fraction of sp³-hybridized carbons (Fsp3) is 0.316. The van der Waals surface area contributed by atoms with Crippen LogP contribution in [-0.4, -0.2) is 49.7 Å². The van der Waals surface area contributed by atoms with E-state index in [1.165, 1.54) is 17.8 Å². The van der Waals surface area contributed by atoms with Crippen molar-refractivity contribution in [2.24, 2.45) is 0 Å². The van der Waals surface area contributed by atoms with Crippen LogP contribution in [0.15, 0.2) is 47.4 Å². The summed E-state index contributed by atoms with van der Waals surface area (Å²) < 4.78 is 5.42. The number of para-hydroxylation sites is 1. The van der Waals surface area contributed by atoms with Gasteiger partial charge in [0.05, 0.1) is 18.1 Å². The zero-order valence-electron chi connectivity index (χ0n) is 15.8. The highest BCUT2D eigenvalue weighted by Crippen LogP contribution is 2.28. The van der Waals surface area contributed by atoms with Crippen LogP contribution in [0, 0.1) is 10.1 Å². The standard InChI is InChI=1S/C19H23N3O4S/c1-21(2)17(14-7-5-6-8-18(14)26-3)12-20-19(23)15-11-13(27-4)9-10-16(15)22(24)25/h5-11,17H,12H2,1-4H3,(H,20,23). The molecule has 1 unspecified atom stereocenters. The highest BCUT2D eigenvalue weighted by Gasteiger charge is 2.23. The van der Waals surface area contributed by atoms with E-state index in [4.69, 9.17) is 4.74 Å². The van der Waals surface area contributed by atoms with Crippen molar-refractivity contribution in [3.05, 3.63) is 63.7 Å². The van der Waals surface area contributed by atoms with E-state index in [1.807, 2.05) is 49.5 Å². The van der Waals surface area contributed by atoms with Crippen LogP contribution in [0.1, 0.15) is 22.0 Å². The zero-order chi connectivity index (χ0) is 20.0. The number of carbonyl (C=O) groups excluding carboxylic acids is 1. The van der Waals surface area contributed by atoms with Gasteiger partial charge < -0.3 is 15.0 Å². The predicted octanol–water partition coefficient (Wildman–Crippen LogP) is 3.36. The zero-order valence-corrected chi connectivity index (χ0v) is 16.6. The van der Waals surface area contributed by atoms with E-state index in [1.54, 1.807) is 19.2 Å². The first-order chi connectivity index (χ1) is 12.9. The molecule has 1 amide bonds. The van der Waals surface area contributed by atoms with Gasteiger partial charge >= 0.3 is 0 Å². The van der Waals surface area contributed by atoms with Crippen LogP contribution in [0.25, 0.3) is 0 Å². The average molecular weight is 389 g/mol. The predicted molar refractivity (Wildman–Crippen MR) is 107 cm³/mol. The summed E-state index contributed by atoms with van der Waals surface area (Å²) in [6, 6.07) is 12.0. The number of likely N-dealkylation sites (N-methyl/N-ethyl adjacent to an activating group) is 1. The van der Waals surface area contributed by atoms with Crippen LogP contribution < -0.4 is 10.1 Å². The van der Waals surface area contributed by atoms with Gasteiger partial charge in [0.2, 0.25) is 0 Å². The number of nitro groups is 1. The van der Waals surface area contributed by atoms with E-state index < -0.39 is 10.8 Å². The molecule has 8 heteroatoms. The molecule has 1 N–H and O–H groups in total. The summed E-state index contributed by atoms with van der Waals surface area (Å²) in [6.45, 7) is 0.285. The molecule has 0 aliphatic rings. The van der Waals surface area contributed by atoms with Crippen LogP contribution in [0.5, 0.6) is 5.75 Å². The summed E-state index contributed by atoms with van der Waals surface area (Å²) in [4.78, 5) is 26.2. The van der Waals surface area contributed by atoms with E-state index in [0.29, 0.717) is 0 Å². The molecule has 27 heavy (non-hydrogen) atoms. The van der Waals surface area contributed by atoms with Crippen LogP contribution in [0.3, 0.4) is 0 Å². The number of hydrogen-bond donors (Lipinski definition) is 1. The number of carbonyl (C=O) groups is 1. The number of nitrogens with zero attached hydrogens (tertiary/aromatic N) is 2. The molecule has 2 aromatic carbocycles. The number of nitrogens with one attached hydrogen (secondary N) is 1. The van der Waals surface area contributed by atoms with E-state index in [2.05, 4.69) is 5.32 Å². The van der Waals surface area contributed by atoms with E-state index in [9.17, 15) is 14.9 Å². The maximum Gasteiger partial charge on any atom is 0.282 e. The van der Waals surface area contributed by atoms with Gasteiger partial charge in [-0.1, -0.05) is 18.2 Å². The molecule has 0 aliphatic heterocycles. The fourth-order valence-corrected chi connectivity index (χ4v) is 3.22. The van der Waals surface area contributed by atoms with Crippen LogP contribution >= 0.6 is 11.8 Å². The van der Waals surface area contributed by atoms with Crippen molar-refractivity contribution in [3.63, 3.8) is 0 Å². The smallest absolute Gasteiger partial charge is 0.282 e. The lowest BCUT2D eigenvalue weighted by Crippen LogP contribution is -2.35. The second-order valence-corrected chi connectivity index (χ2v) is 6.95. The Labute approximate surface area is 162 Å². The molecule has 144 valence electrons. The number of benzene rings is 2. The number of hydrogen-bond acceptors (Lipinski definition) is 6. The van der Waals surface area contributed by atoms with Gasteiger partial charge in [-0.25, -0.2) is 0 Å². The number of thioether (sulfide) groups is 1. The van der Waals surface area contributed by atoms with Gasteiger partial charge in [0, 0.05) is 23.1 Å². The van der Waals surface area contributed by atoms with Crippen molar-refractivity contribution in [1.82, 2.24) is 10.2 Å². The first kappa shape index (κ1) is 20.7. The molecular weight excluding hydrogens is 366 g/mol. The molecule has 2 aromatic rings. The van der Waals surface area contributed by atoms with Crippen LogP contribution in [-0.2, 0) is 0 Å². The molecule has 1 atom stereocenters. The molecular formula is C19H23N3O4S. The lowest BCUT2D eigenvalue weighted by atomic mass is 10.0. The van der Waals surface area contributed by atoms with Crippen LogP contribution in [0.4, 0.5) is 5.69 Å². The maximum atomic E-state index is 12.7. The number of rotatable bonds is 8. The number of ether oxygens (including phenoxy) is 1. The molecule has 0 radical (unpaired) electrons. The van der Waals surface area contributed by atoms with Crippen molar-refractivity contribution in [2.75, 3.05) is 34.0 Å². The van der Waals surface area contributed by atoms with Gasteiger partial charge in [0.1, 0.15) is 11.3 Å². The fourth-order valence-electron chi connectivity index (χ4n) is 2.78. The van der Waals surface area contributed by atoms with Gasteiger partial charge in [-0.15, -0.1) is 11.8 Å². The molecule has 0 heterocycles. The monoisotopic (exact) mass is 389 g/mol. The Morgan fingerprint density at radius 3 is 2.59 bits per heavy atom. The molecule has 0 aromatic heterocycles. The van der Waals surface area contributed by atoms with Crippen molar-refractivity contribution in [2.45, 2.75) is 10.9 Å². The molecule has 2 rings (SSSR count). The Bertz CT molecular complexity index is 826. The quantitative estimate of drug-likeness (QED) is 0.423. The largest absolute Gasteiger partial charge is 0.496 e. The van der Waals surface area contributed by atoms with E-state index in [0.717, 1.165) is 16.2 Å². The number of nitro benzene ring substituents is 1. The average Bonchev–Trinajstić information content (AvgIpc) is 2.67. The van der Waals surface area contributed by atoms with Crippen LogP contribution in [0.2, 0.25) is 0 Å². The SMILES string of the molecule is COc1ccccc1C(CNC(=O)c1cc(SC)ccc1[N+](=O)[O-])N(C)C. The molecule has 0 bridgehead atoms. The minimum atomic E-state index is -0.539. The Morgan fingerprint density at radius 1 is 1.30 bits per heavy atom. The Morgan fingerprint density at radius 2 is 2.00 bits per heavy atom. The summed E-state index contributed by atoms with van der Waals surface area (Å²) in [5.74, 6) is 0.250. The van der Waals surface area contributed by atoms with Gasteiger partial charge in [-0.05, 0) is 38.6 Å². The lowest BCUT2D eigenvalue weighted by molar-refractivity contribution is -0.385. The van der Waals surface area contributed by atoms with Gasteiger partial charge in [0.25, 0.3) is 11.6 Å². The van der Waals surface area contributed by atoms with E-state index >= 15 is 0 Å². The molecule has 0 spiro atoms. The topological polar surface area (TPSA) is 84.7 Å². The number of methoxy groups -OCH3 is 1. The van der Waals surface area contributed by atoms with Gasteiger partial charge in [0.15, 0.2) is 0 Å². The molecule has 0 aliphatic carbocycles. The summed E-state index contributed by atoms with van der Waals surface area (Å²) in [7, 11) is 5.40. The van der Waals surface area contributed by atoms with Crippen molar-refractivity contribution < 1.29 is 14.5 Å². The number of amides is 1. The minimum Gasteiger partial charge on any atom is -0.496 e. The second kappa shape index (κ2) is 9.38. The first-order valence-electron chi connectivity index (χ1n) is 8.29. The summed E-state index contributed by atoms with van der Waals surface area (Å²) in [5.41, 5.74) is 0.783. The molecule has 0 fully saturated rings. The lowest BCUT2D eigenvalue weighted by Gasteiger charge is -2.26. The normalized spacial score (nSPS) is 11.9. The maximum absolute atomic E-state index is 12.7. The summed E-state index contributed by atoms with van der Waals surface area (Å²) >= 11 is 1.42. The molecule has 0 saturated carbocycles. The first-order valence-corrected chi connectivity index (χ1v) is 9.51. The highest BCUT2D eigenvalue weighted by atomic mass is 32.2. The highest BCUT2D eigenvalue weighted by molar-refractivity contribution is 7.98. The molecule has 7 nitrogen and oxygen atoms in total. The van der Waals surface area contributed by atoms with Crippen molar-refractivity contribution in [1.29, 1.82) is 0 Å². The Kier molecular flexibility index (Phi) is 7.20. The Hall–Kier alpha value is -2.58. The van der Waals surface area contributed by atoms with Gasteiger partial charge in [-0.2, -0.15) is 0 Å². The summed E-state index contributed by atoms with van der Waals surface area (Å²) in [5, 5.41) is 14.1. The molecule has 0 saturated heterocycles. The minimum absolute atomic E-state index is 0.0596. The van der Waals surface area contributed by atoms with Gasteiger partial charge in [-0.3, -0.25) is 14.9 Å². The van der Waals surface area contributed by atoms with Crippen molar-refractivity contribution >= 4 is 23.4 Å². The third-order valence-electron chi connectivity index (χ3n) is 4.22. The Balaban J connectivity index is 2.26.